The van der Waals surface area contributed by atoms with Crippen LogP contribution in [0.25, 0.3) is 0 Å². The average molecular weight is 319 g/mol. The zero-order chi connectivity index (χ0) is 16.9. The van der Waals surface area contributed by atoms with Gasteiger partial charge in [0.1, 0.15) is 5.82 Å². The van der Waals surface area contributed by atoms with Crippen molar-refractivity contribution < 1.29 is 4.39 Å². The summed E-state index contributed by atoms with van der Waals surface area (Å²) in [5.74, 6) is -0.304. The highest BCUT2D eigenvalue weighted by molar-refractivity contribution is 5.87. The van der Waals surface area contributed by atoms with Crippen molar-refractivity contribution in [3.63, 3.8) is 0 Å². The number of anilines is 4. The molecule has 4 heteroatoms. The number of para-hydroxylation sites is 1. The molecule has 3 N–H and O–H groups in total. The highest BCUT2D eigenvalue weighted by atomic mass is 19.1. The van der Waals surface area contributed by atoms with Gasteiger partial charge < -0.3 is 16.0 Å². The molecule has 24 heavy (non-hydrogen) atoms. The molecule has 3 rings (SSSR count). The molecule has 0 aliphatic rings. The van der Waals surface area contributed by atoms with Crippen molar-refractivity contribution in [1.29, 1.82) is 5.41 Å². The zero-order valence-corrected chi connectivity index (χ0v) is 13.3. The van der Waals surface area contributed by atoms with Crippen LogP contribution in [0.1, 0.15) is 11.1 Å². The molecule has 3 aromatic carbocycles. The Morgan fingerprint density at radius 2 is 1.42 bits per heavy atom. The third-order valence-electron chi connectivity index (χ3n) is 3.71. The second kappa shape index (κ2) is 6.96. The summed E-state index contributed by atoms with van der Waals surface area (Å²) in [7, 11) is 0. The summed E-state index contributed by atoms with van der Waals surface area (Å²) < 4.78 is 13.6. The van der Waals surface area contributed by atoms with E-state index in [1.807, 2.05) is 54.6 Å². The van der Waals surface area contributed by atoms with Crippen molar-refractivity contribution in [3.8, 4) is 0 Å². The van der Waals surface area contributed by atoms with E-state index in [2.05, 4.69) is 10.6 Å². The van der Waals surface area contributed by atoms with Crippen LogP contribution in [0.4, 0.5) is 27.1 Å². The minimum atomic E-state index is -0.304. The zero-order valence-electron chi connectivity index (χ0n) is 13.3. The quantitative estimate of drug-likeness (QED) is 0.535. The van der Waals surface area contributed by atoms with Crippen molar-refractivity contribution in [3.05, 3.63) is 83.7 Å². The Hall–Kier alpha value is -3.14. The number of benzene rings is 3. The molecule has 0 bridgehead atoms. The minimum Gasteiger partial charge on any atom is -0.356 e. The molecular formula is C20H18FN3. The lowest BCUT2D eigenvalue weighted by molar-refractivity contribution is 0.618. The van der Waals surface area contributed by atoms with E-state index in [4.69, 9.17) is 5.41 Å². The molecule has 0 atom stereocenters. The highest BCUT2D eigenvalue weighted by Crippen LogP contribution is 2.25. The molecule has 0 saturated carbocycles. The highest BCUT2D eigenvalue weighted by Gasteiger charge is 2.06. The summed E-state index contributed by atoms with van der Waals surface area (Å²) in [6.45, 7) is 1.71. The lowest BCUT2D eigenvalue weighted by Gasteiger charge is -2.12. The van der Waals surface area contributed by atoms with E-state index in [9.17, 15) is 4.39 Å². The van der Waals surface area contributed by atoms with Crippen LogP contribution in [0, 0.1) is 18.2 Å². The van der Waals surface area contributed by atoms with Gasteiger partial charge in [0.2, 0.25) is 0 Å². The fourth-order valence-electron chi connectivity index (χ4n) is 2.41. The van der Waals surface area contributed by atoms with Gasteiger partial charge >= 0.3 is 0 Å². The normalized spacial score (nSPS) is 10.2. The van der Waals surface area contributed by atoms with Gasteiger partial charge in [0.05, 0.1) is 0 Å². The monoisotopic (exact) mass is 319 g/mol. The topological polar surface area (TPSA) is 47.9 Å². The number of rotatable bonds is 5. The molecule has 0 aromatic heterocycles. The minimum absolute atomic E-state index is 0.304. The molecule has 3 nitrogen and oxygen atoms in total. The van der Waals surface area contributed by atoms with E-state index in [1.54, 1.807) is 13.0 Å². The Labute approximate surface area is 140 Å². The van der Waals surface area contributed by atoms with Crippen molar-refractivity contribution in [1.82, 2.24) is 0 Å². The van der Waals surface area contributed by atoms with Crippen LogP contribution < -0.4 is 10.6 Å². The molecule has 0 fully saturated rings. The maximum absolute atomic E-state index is 13.6. The van der Waals surface area contributed by atoms with Crippen molar-refractivity contribution in [2.24, 2.45) is 0 Å². The number of nitrogens with one attached hydrogen (secondary N) is 3. The van der Waals surface area contributed by atoms with Crippen LogP contribution in [0.5, 0.6) is 0 Å². The lowest BCUT2D eigenvalue weighted by atomic mass is 10.1. The summed E-state index contributed by atoms with van der Waals surface area (Å²) in [6.07, 6.45) is 1.15. The first-order chi connectivity index (χ1) is 11.7. The Morgan fingerprint density at radius 1 is 0.833 bits per heavy atom. The van der Waals surface area contributed by atoms with Crippen LogP contribution in [-0.4, -0.2) is 6.21 Å². The molecule has 0 aliphatic heterocycles. The molecule has 0 amide bonds. The summed E-state index contributed by atoms with van der Waals surface area (Å²) in [4.78, 5) is 0. The maximum atomic E-state index is 13.6. The molecule has 0 heterocycles. The predicted octanol–water partition coefficient (Wildman–Crippen LogP) is 5.62. The van der Waals surface area contributed by atoms with Gasteiger partial charge in [-0.3, -0.25) is 0 Å². The second-order valence-corrected chi connectivity index (χ2v) is 5.53. The molecule has 120 valence electrons. The molecular weight excluding hydrogens is 301 g/mol. The predicted molar refractivity (Wildman–Crippen MR) is 98.5 cm³/mol. The molecule has 0 spiro atoms. The fourth-order valence-corrected chi connectivity index (χ4v) is 2.41. The first-order valence-electron chi connectivity index (χ1n) is 7.65. The number of halogens is 1. The SMILES string of the molecule is Cc1cc(Nc2ccc(Nc3ccccc3)cc2)c(C=N)cc1F. The van der Waals surface area contributed by atoms with Crippen LogP contribution in [0.3, 0.4) is 0 Å². The first-order valence-corrected chi connectivity index (χ1v) is 7.65. The number of hydrogen-bond acceptors (Lipinski definition) is 3. The third-order valence-corrected chi connectivity index (χ3v) is 3.71. The van der Waals surface area contributed by atoms with Gasteiger partial charge in [-0.1, -0.05) is 18.2 Å². The van der Waals surface area contributed by atoms with Gasteiger partial charge in [0.15, 0.2) is 0 Å². The molecule has 0 aliphatic carbocycles. The van der Waals surface area contributed by atoms with E-state index in [0.29, 0.717) is 16.8 Å². The van der Waals surface area contributed by atoms with E-state index >= 15 is 0 Å². The number of aryl methyl sites for hydroxylation is 1. The molecule has 0 radical (unpaired) electrons. The van der Waals surface area contributed by atoms with E-state index in [-0.39, 0.29) is 5.82 Å². The third kappa shape index (κ3) is 3.60. The van der Waals surface area contributed by atoms with Crippen LogP contribution in [-0.2, 0) is 0 Å². The molecule has 0 unspecified atom stereocenters. The molecule has 3 aromatic rings. The number of hydrogen-bond donors (Lipinski definition) is 3. The van der Waals surface area contributed by atoms with E-state index < -0.39 is 0 Å². The van der Waals surface area contributed by atoms with Gasteiger partial charge in [-0.05, 0) is 61.0 Å². The summed E-state index contributed by atoms with van der Waals surface area (Å²) in [5.41, 5.74) is 4.67. The standard InChI is InChI=1S/C20H18FN3/c1-14-11-20(15(13-22)12-19(14)21)24-18-9-7-17(8-10-18)23-16-5-3-2-4-6-16/h2-13,22-24H,1H3. The van der Waals surface area contributed by atoms with Crippen molar-refractivity contribution >= 4 is 29.0 Å². The van der Waals surface area contributed by atoms with E-state index in [0.717, 1.165) is 23.3 Å². The van der Waals surface area contributed by atoms with Crippen molar-refractivity contribution in [2.75, 3.05) is 10.6 Å². The maximum Gasteiger partial charge on any atom is 0.126 e. The fraction of sp³-hybridized carbons (Fsp3) is 0.0500. The average Bonchev–Trinajstić information content (AvgIpc) is 2.60. The Morgan fingerprint density at radius 3 is 2.04 bits per heavy atom. The Kier molecular flexibility index (Phi) is 4.57. The summed E-state index contributed by atoms with van der Waals surface area (Å²) in [5, 5.41) is 14.0. The van der Waals surface area contributed by atoms with Gasteiger partial charge in [-0.25, -0.2) is 4.39 Å². The smallest absolute Gasteiger partial charge is 0.126 e. The van der Waals surface area contributed by atoms with Gasteiger partial charge in [-0.15, -0.1) is 0 Å². The van der Waals surface area contributed by atoms with Gasteiger partial charge in [0, 0.05) is 34.5 Å². The summed E-state index contributed by atoms with van der Waals surface area (Å²) in [6, 6.07) is 20.8. The summed E-state index contributed by atoms with van der Waals surface area (Å²) >= 11 is 0. The van der Waals surface area contributed by atoms with Gasteiger partial charge in [-0.2, -0.15) is 0 Å². The second-order valence-electron chi connectivity index (χ2n) is 5.53. The van der Waals surface area contributed by atoms with E-state index in [1.165, 1.54) is 6.07 Å². The Balaban J connectivity index is 1.77. The first kappa shape index (κ1) is 15.7. The van der Waals surface area contributed by atoms with Crippen molar-refractivity contribution in [2.45, 2.75) is 6.92 Å². The molecule has 0 saturated heterocycles. The van der Waals surface area contributed by atoms with Crippen LogP contribution >= 0.6 is 0 Å². The largest absolute Gasteiger partial charge is 0.356 e. The Bertz CT molecular complexity index is 843. The van der Waals surface area contributed by atoms with Crippen LogP contribution in [0.2, 0.25) is 0 Å². The van der Waals surface area contributed by atoms with Gasteiger partial charge in [0.25, 0.3) is 0 Å². The lowest BCUT2D eigenvalue weighted by Crippen LogP contribution is -1.98. The van der Waals surface area contributed by atoms with Crippen LogP contribution in [0.15, 0.2) is 66.7 Å².